The van der Waals surface area contributed by atoms with Crippen LogP contribution in [-0.4, -0.2) is 17.0 Å². The number of aryl methyl sites for hydroxylation is 2. The van der Waals surface area contributed by atoms with E-state index in [2.05, 4.69) is 16.0 Å². The molecule has 0 aliphatic rings. The van der Waals surface area contributed by atoms with Gasteiger partial charge in [0.1, 0.15) is 0 Å². The highest BCUT2D eigenvalue weighted by atomic mass is 32.1. The molecule has 0 atom stereocenters. The Morgan fingerprint density at radius 3 is 2.83 bits per heavy atom. The van der Waals surface area contributed by atoms with Gasteiger partial charge in [0.2, 0.25) is 5.91 Å². The summed E-state index contributed by atoms with van der Waals surface area (Å²) in [7, 11) is 0. The Balaban J connectivity index is 1.55. The maximum absolute atomic E-state index is 11.6. The quantitative estimate of drug-likeness (QED) is 0.765. The first-order valence-corrected chi connectivity index (χ1v) is 7.12. The molecule has 1 N–H and O–H groups in total. The van der Waals surface area contributed by atoms with Gasteiger partial charge in [0.25, 0.3) is 0 Å². The van der Waals surface area contributed by atoms with Crippen molar-refractivity contribution in [3.05, 3.63) is 46.9 Å². The van der Waals surface area contributed by atoms with Crippen molar-refractivity contribution in [3.63, 3.8) is 0 Å². The van der Waals surface area contributed by atoms with Gasteiger partial charge in [-0.05, 0) is 36.4 Å². The Labute approximate surface area is 111 Å². The zero-order chi connectivity index (χ0) is 12.6. The van der Waals surface area contributed by atoms with E-state index in [9.17, 15) is 4.79 Å². The van der Waals surface area contributed by atoms with Gasteiger partial charge in [-0.2, -0.15) is 0 Å². The van der Waals surface area contributed by atoms with Crippen molar-refractivity contribution in [1.82, 2.24) is 9.88 Å². The van der Waals surface area contributed by atoms with Gasteiger partial charge in [0.15, 0.2) is 0 Å². The van der Waals surface area contributed by atoms with Crippen LogP contribution in [0.4, 0.5) is 0 Å². The molecule has 0 spiro atoms. The van der Waals surface area contributed by atoms with E-state index in [-0.39, 0.29) is 5.91 Å². The number of aromatic nitrogens is 1. The highest BCUT2D eigenvalue weighted by molar-refractivity contribution is 7.09. The van der Waals surface area contributed by atoms with Crippen LogP contribution in [0.2, 0.25) is 0 Å². The molecule has 2 heterocycles. The Hall–Kier alpha value is -1.55. The molecule has 2 aromatic heterocycles. The van der Waals surface area contributed by atoms with Gasteiger partial charge < -0.3 is 9.88 Å². The molecule has 0 aromatic carbocycles. The molecular weight excluding hydrogens is 244 g/mol. The first kappa shape index (κ1) is 12.9. The highest BCUT2D eigenvalue weighted by Gasteiger charge is 2.02. The number of carbonyl (C=O) groups excluding carboxylic acids is 1. The van der Waals surface area contributed by atoms with Crippen molar-refractivity contribution in [2.75, 3.05) is 6.54 Å². The van der Waals surface area contributed by atoms with E-state index < -0.39 is 0 Å². The lowest BCUT2D eigenvalue weighted by Crippen LogP contribution is -2.25. The maximum atomic E-state index is 11.6. The van der Waals surface area contributed by atoms with Crippen LogP contribution in [0.3, 0.4) is 0 Å². The van der Waals surface area contributed by atoms with Crippen molar-refractivity contribution in [1.29, 1.82) is 0 Å². The number of nitrogens with zero attached hydrogens (tertiary/aromatic N) is 1. The molecule has 0 saturated heterocycles. The number of carbonyl (C=O) groups is 1. The van der Waals surface area contributed by atoms with Crippen molar-refractivity contribution < 1.29 is 4.79 Å². The van der Waals surface area contributed by atoms with E-state index in [4.69, 9.17) is 0 Å². The van der Waals surface area contributed by atoms with E-state index in [0.717, 1.165) is 25.9 Å². The van der Waals surface area contributed by atoms with Crippen LogP contribution in [0.5, 0.6) is 0 Å². The summed E-state index contributed by atoms with van der Waals surface area (Å²) in [6.07, 6.45) is 6.49. The number of thiophene rings is 1. The number of rotatable bonds is 7. The van der Waals surface area contributed by atoms with Crippen molar-refractivity contribution >= 4 is 17.2 Å². The molecule has 2 rings (SSSR count). The zero-order valence-electron chi connectivity index (χ0n) is 10.3. The Morgan fingerprint density at radius 1 is 1.28 bits per heavy atom. The van der Waals surface area contributed by atoms with Gasteiger partial charge in [-0.3, -0.25) is 4.79 Å². The fourth-order valence-electron chi connectivity index (χ4n) is 1.79. The minimum Gasteiger partial charge on any atom is -0.356 e. The first-order chi connectivity index (χ1) is 8.84. The topological polar surface area (TPSA) is 34.0 Å². The van der Waals surface area contributed by atoms with E-state index in [0.29, 0.717) is 6.42 Å². The smallest absolute Gasteiger partial charge is 0.220 e. The van der Waals surface area contributed by atoms with Gasteiger partial charge in [0.05, 0.1) is 0 Å². The van der Waals surface area contributed by atoms with Crippen LogP contribution in [0, 0.1) is 0 Å². The summed E-state index contributed by atoms with van der Waals surface area (Å²) in [4.78, 5) is 12.9. The predicted octanol–water partition coefficient (Wildman–Crippen LogP) is 2.69. The third-order valence-electron chi connectivity index (χ3n) is 2.76. The minimum atomic E-state index is 0.149. The minimum absolute atomic E-state index is 0.149. The van der Waals surface area contributed by atoms with E-state index >= 15 is 0 Å². The summed E-state index contributed by atoms with van der Waals surface area (Å²) in [5, 5.41) is 5.01. The van der Waals surface area contributed by atoms with Crippen LogP contribution in [0.25, 0.3) is 0 Å². The van der Waals surface area contributed by atoms with Crippen LogP contribution in [-0.2, 0) is 17.8 Å². The van der Waals surface area contributed by atoms with Gasteiger partial charge >= 0.3 is 0 Å². The third-order valence-corrected chi connectivity index (χ3v) is 3.70. The standard InChI is InChI=1S/C14H18N2OS/c17-14(7-6-13-5-3-12-18-13)15-8-4-11-16-9-1-2-10-16/h1-3,5,9-10,12H,4,6-8,11H2,(H,15,17). The summed E-state index contributed by atoms with van der Waals surface area (Å²) in [6.45, 7) is 1.71. The lowest BCUT2D eigenvalue weighted by Gasteiger charge is -2.05. The molecule has 0 unspecified atom stereocenters. The molecule has 0 fully saturated rings. The normalized spacial score (nSPS) is 10.4. The summed E-state index contributed by atoms with van der Waals surface area (Å²) >= 11 is 1.71. The van der Waals surface area contributed by atoms with Crippen LogP contribution >= 0.6 is 11.3 Å². The number of hydrogen-bond acceptors (Lipinski definition) is 2. The van der Waals surface area contributed by atoms with Gasteiger partial charge in [-0.1, -0.05) is 6.07 Å². The molecular formula is C14H18N2OS. The monoisotopic (exact) mass is 262 g/mol. The molecule has 2 aromatic rings. The van der Waals surface area contributed by atoms with Gasteiger partial charge in [-0.25, -0.2) is 0 Å². The van der Waals surface area contributed by atoms with E-state index in [1.807, 2.05) is 36.0 Å². The average Bonchev–Trinajstić information content (AvgIpc) is 3.04. The zero-order valence-corrected chi connectivity index (χ0v) is 11.2. The highest BCUT2D eigenvalue weighted by Crippen LogP contribution is 2.10. The van der Waals surface area contributed by atoms with Gasteiger partial charge in [-0.15, -0.1) is 11.3 Å². The number of amides is 1. The Kier molecular flexibility index (Phi) is 5.02. The van der Waals surface area contributed by atoms with Crippen molar-refractivity contribution in [2.45, 2.75) is 25.8 Å². The summed E-state index contributed by atoms with van der Waals surface area (Å²) < 4.78 is 2.12. The average molecular weight is 262 g/mol. The second-order valence-electron chi connectivity index (χ2n) is 4.20. The molecule has 1 amide bonds. The Morgan fingerprint density at radius 2 is 2.11 bits per heavy atom. The lowest BCUT2D eigenvalue weighted by atomic mass is 10.2. The molecule has 18 heavy (non-hydrogen) atoms. The molecule has 0 aliphatic carbocycles. The Bertz CT molecular complexity index is 448. The second-order valence-corrected chi connectivity index (χ2v) is 5.24. The maximum Gasteiger partial charge on any atom is 0.220 e. The third kappa shape index (κ3) is 4.37. The molecule has 96 valence electrons. The summed E-state index contributed by atoms with van der Waals surface area (Å²) in [5.74, 6) is 0.149. The molecule has 4 heteroatoms. The van der Waals surface area contributed by atoms with Gasteiger partial charge in [0, 0.05) is 36.8 Å². The number of nitrogens with one attached hydrogen (secondary N) is 1. The first-order valence-electron chi connectivity index (χ1n) is 6.24. The molecule has 0 saturated carbocycles. The van der Waals surface area contributed by atoms with Crippen LogP contribution < -0.4 is 5.32 Å². The fourth-order valence-corrected chi connectivity index (χ4v) is 2.50. The fraction of sp³-hybridized carbons (Fsp3) is 0.357. The lowest BCUT2D eigenvalue weighted by molar-refractivity contribution is -0.121. The summed E-state index contributed by atoms with van der Waals surface area (Å²) in [6, 6.07) is 8.12. The number of hydrogen-bond donors (Lipinski definition) is 1. The SMILES string of the molecule is O=C(CCc1cccs1)NCCCn1cccc1. The van der Waals surface area contributed by atoms with E-state index in [1.54, 1.807) is 11.3 Å². The predicted molar refractivity (Wildman–Crippen MR) is 74.7 cm³/mol. The summed E-state index contributed by atoms with van der Waals surface area (Å²) in [5.41, 5.74) is 0. The molecule has 0 aliphatic heterocycles. The van der Waals surface area contributed by atoms with Crippen LogP contribution in [0.15, 0.2) is 42.0 Å². The van der Waals surface area contributed by atoms with Crippen LogP contribution in [0.1, 0.15) is 17.7 Å². The van der Waals surface area contributed by atoms with Crippen molar-refractivity contribution in [2.24, 2.45) is 0 Å². The van der Waals surface area contributed by atoms with Crippen molar-refractivity contribution in [3.8, 4) is 0 Å². The molecule has 3 nitrogen and oxygen atoms in total. The molecule has 0 radical (unpaired) electrons. The van der Waals surface area contributed by atoms with E-state index in [1.165, 1.54) is 4.88 Å². The molecule has 0 bridgehead atoms. The largest absolute Gasteiger partial charge is 0.356 e. The second kappa shape index (κ2) is 7.01.